The fourth-order valence-electron chi connectivity index (χ4n) is 4.50. The van der Waals surface area contributed by atoms with Crippen molar-refractivity contribution >= 4 is 11.8 Å². The lowest BCUT2D eigenvalue weighted by Crippen LogP contribution is -2.34. The molecule has 2 fully saturated rings. The van der Waals surface area contributed by atoms with E-state index in [0.717, 1.165) is 31.7 Å². The molecular weight excluding hydrogens is 354 g/mol. The molecule has 0 radical (unpaired) electrons. The summed E-state index contributed by atoms with van der Waals surface area (Å²) in [5.41, 5.74) is 1.57. The first-order chi connectivity index (χ1) is 13.4. The van der Waals surface area contributed by atoms with E-state index in [9.17, 15) is 9.59 Å². The van der Waals surface area contributed by atoms with E-state index in [1.54, 1.807) is 12.3 Å². The minimum atomic E-state index is -0.149. The van der Waals surface area contributed by atoms with Crippen LogP contribution in [0.4, 0.5) is 4.79 Å². The van der Waals surface area contributed by atoms with Gasteiger partial charge in [0.2, 0.25) is 0 Å². The standard InChI is InChI=1S/C22H27N3O3/c1-14(2)19-6-4-5-7-21(19)28-18-10-16-12-24(13-17(16)11-18)22(27)25-9-8-20(23-25)15(3)26/h4-9,14,16-18H,10-13H2,1-3H3/t16-,17+,18?. The average Bonchev–Trinajstić information content (AvgIpc) is 3.36. The van der Waals surface area contributed by atoms with Crippen LogP contribution in [0.5, 0.6) is 5.75 Å². The van der Waals surface area contributed by atoms with Crippen molar-refractivity contribution in [2.24, 2.45) is 11.8 Å². The van der Waals surface area contributed by atoms with Crippen molar-refractivity contribution in [1.29, 1.82) is 0 Å². The predicted octanol–water partition coefficient (Wildman–Crippen LogP) is 3.97. The molecule has 1 aromatic carbocycles. The van der Waals surface area contributed by atoms with Gasteiger partial charge < -0.3 is 9.64 Å². The summed E-state index contributed by atoms with van der Waals surface area (Å²) in [4.78, 5) is 25.9. The minimum Gasteiger partial charge on any atom is -0.490 e. The zero-order valence-electron chi connectivity index (χ0n) is 16.7. The van der Waals surface area contributed by atoms with Crippen LogP contribution in [0.25, 0.3) is 0 Å². The van der Waals surface area contributed by atoms with Crippen LogP contribution in [0.3, 0.4) is 0 Å². The summed E-state index contributed by atoms with van der Waals surface area (Å²) >= 11 is 0. The highest BCUT2D eigenvalue weighted by molar-refractivity contribution is 5.92. The molecule has 3 atom stereocenters. The van der Waals surface area contributed by atoms with Gasteiger partial charge in [-0.1, -0.05) is 32.0 Å². The monoisotopic (exact) mass is 381 g/mol. The Bertz CT molecular complexity index is 875. The Morgan fingerprint density at radius 1 is 1.11 bits per heavy atom. The lowest BCUT2D eigenvalue weighted by atomic mass is 10.0. The molecule has 4 rings (SSSR count). The molecule has 1 saturated carbocycles. The zero-order chi connectivity index (χ0) is 19.8. The number of ether oxygens (including phenoxy) is 1. The second-order valence-corrected chi connectivity index (χ2v) is 8.31. The summed E-state index contributed by atoms with van der Waals surface area (Å²) in [6.45, 7) is 7.27. The first-order valence-corrected chi connectivity index (χ1v) is 10.0. The number of ketones is 1. The molecular formula is C22H27N3O3. The summed E-state index contributed by atoms with van der Waals surface area (Å²) in [7, 11) is 0. The van der Waals surface area contributed by atoms with Crippen LogP contribution < -0.4 is 4.74 Å². The van der Waals surface area contributed by atoms with Gasteiger partial charge in [0.1, 0.15) is 11.4 Å². The molecule has 1 aliphatic carbocycles. The Morgan fingerprint density at radius 3 is 2.39 bits per heavy atom. The molecule has 148 valence electrons. The summed E-state index contributed by atoms with van der Waals surface area (Å²) in [6.07, 6.45) is 3.72. The minimum absolute atomic E-state index is 0.133. The lowest BCUT2D eigenvalue weighted by Gasteiger charge is -2.21. The summed E-state index contributed by atoms with van der Waals surface area (Å²) in [5.74, 6) is 2.21. The van der Waals surface area contributed by atoms with Gasteiger partial charge in [-0.3, -0.25) is 4.79 Å². The van der Waals surface area contributed by atoms with Crippen LogP contribution >= 0.6 is 0 Å². The largest absolute Gasteiger partial charge is 0.490 e. The van der Waals surface area contributed by atoms with Crippen molar-refractivity contribution in [3.8, 4) is 5.75 Å². The number of rotatable bonds is 4. The Hall–Kier alpha value is -2.63. The molecule has 0 spiro atoms. The third kappa shape index (κ3) is 3.55. The van der Waals surface area contributed by atoms with Crippen LogP contribution in [-0.4, -0.2) is 45.7 Å². The fourth-order valence-corrected chi connectivity index (χ4v) is 4.50. The lowest BCUT2D eigenvalue weighted by molar-refractivity contribution is 0.101. The first kappa shape index (κ1) is 18.7. The van der Waals surface area contributed by atoms with E-state index < -0.39 is 0 Å². The maximum absolute atomic E-state index is 12.7. The zero-order valence-corrected chi connectivity index (χ0v) is 16.7. The van der Waals surface area contributed by atoms with Gasteiger partial charge in [-0.25, -0.2) is 4.79 Å². The third-order valence-corrected chi connectivity index (χ3v) is 5.96. The number of nitrogens with zero attached hydrogens (tertiary/aromatic N) is 3. The van der Waals surface area contributed by atoms with E-state index in [-0.39, 0.29) is 17.9 Å². The number of para-hydroxylation sites is 1. The molecule has 0 bridgehead atoms. The van der Waals surface area contributed by atoms with Crippen LogP contribution in [0.2, 0.25) is 0 Å². The second-order valence-electron chi connectivity index (χ2n) is 8.31. The maximum Gasteiger partial charge on any atom is 0.344 e. The van der Waals surface area contributed by atoms with Crippen molar-refractivity contribution in [3.05, 3.63) is 47.8 Å². The van der Waals surface area contributed by atoms with E-state index in [1.807, 2.05) is 11.0 Å². The number of Topliss-reactive ketones (excluding diaryl/α,β-unsaturated/α-hetero) is 1. The highest BCUT2D eigenvalue weighted by Crippen LogP contribution is 2.40. The number of likely N-dealkylation sites (tertiary alicyclic amines) is 1. The molecule has 0 N–H and O–H groups in total. The summed E-state index contributed by atoms with van der Waals surface area (Å²) in [5, 5.41) is 4.10. The Balaban J connectivity index is 1.37. The van der Waals surface area contributed by atoms with E-state index in [1.165, 1.54) is 17.2 Å². The number of aromatic nitrogens is 2. The number of carbonyl (C=O) groups is 2. The highest BCUT2D eigenvalue weighted by atomic mass is 16.5. The average molecular weight is 381 g/mol. The molecule has 6 heteroatoms. The van der Waals surface area contributed by atoms with E-state index in [0.29, 0.717) is 23.4 Å². The number of hydrogen-bond donors (Lipinski definition) is 0. The van der Waals surface area contributed by atoms with Crippen molar-refractivity contribution in [3.63, 3.8) is 0 Å². The van der Waals surface area contributed by atoms with Crippen molar-refractivity contribution in [1.82, 2.24) is 14.7 Å². The van der Waals surface area contributed by atoms with Crippen molar-refractivity contribution < 1.29 is 14.3 Å². The van der Waals surface area contributed by atoms with Gasteiger partial charge in [0.15, 0.2) is 5.78 Å². The Morgan fingerprint density at radius 2 is 1.79 bits per heavy atom. The normalized spacial score (nSPS) is 23.9. The van der Waals surface area contributed by atoms with Crippen LogP contribution in [-0.2, 0) is 0 Å². The van der Waals surface area contributed by atoms with Crippen molar-refractivity contribution in [2.75, 3.05) is 13.1 Å². The maximum atomic E-state index is 12.7. The SMILES string of the molecule is CC(=O)c1ccn(C(=O)N2C[C@H]3CC(Oc4ccccc4C(C)C)C[C@H]3C2)n1. The number of benzene rings is 1. The van der Waals surface area contributed by atoms with Gasteiger partial charge in [-0.2, -0.15) is 9.78 Å². The molecule has 1 saturated heterocycles. The molecule has 1 aliphatic heterocycles. The van der Waals surface area contributed by atoms with Gasteiger partial charge >= 0.3 is 6.03 Å². The Kier molecular flexibility index (Phi) is 4.96. The predicted molar refractivity (Wildman–Crippen MR) is 106 cm³/mol. The van der Waals surface area contributed by atoms with Gasteiger partial charge in [0, 0.05) is 26.2 Å². The highest BCUT2D eigenvalue weighted by Gasteiger charge is 2.43. The number of hydrogen-bond acceptors (Lipinski definition) is 4. The Labute approximate surface area is 165 Å². The summed E-state index contributed by atoms with van der Waals surface area (Å²) < 4.78 is 7.64. The molecule has 1 unspecified atom stereocenters. The summed E-state index contributed by atoms with van der Waals surface area (Å²) in [6, 6.07) is 9.72. The molecule has 1 amide bonds. The first-order valence-electron chi connectivity index (χ1n) is 10.0. The van der Waals surface area contributed by atoms with Gasteiger partial charge in [-0.05, 0) is 48.3 Å². The molecule has 28 heavy (non-hydrogen) atoms. The van der Waals surface area contributed by atoms with Crippen molar-refractivity contribution in [2.45, 2.75) is 45.6 Å². The molecule has 2 aromatic rings. The van der Waals surface area contributed by atoms with E-state index in [4.69, 9.17) is 4.74 Å². The fraction of sp³-hybridized carbons (Fsp3) is 0.500. The van der Waals surface area contributed by atoms with Crippen LogP contribution in [0.15, 0.2) is 36.5 Å². The van der Waals surface area contributed by atoms with Gasteiger partial charge in [0.25, 0.3) is 0 Å². The smallest absolute Gasteiger partial charge is 0.344 e. The quantitative estimate of drug-likeness (QED) is 0.752. The topological polar surface area (TPSA) is 64.4 Å². The molecule has 2 heterocycles. The van der Waals surface area contributed by atoms with E-state index in [2.05, 4.69) is 37.1 Å². The van der Waals surface area contributed by atoms with Crippen LogP contribution in [0.1, 0.15) is 55.6 Å². The number of amides is 1. The van der Waals surface area contributed by atoms with Crippen LogP contribution in [0, 0.1) is 11.8 Å². The van der Waals surface area contributed by atoms with Gasteiger partial charge in [-0.15, -0.1) is 0 Å². The molecule has 6 nitrogen and oxygen atoms in total. The van der Waals surface area contributed by atoms with Gasteiger partial charge in [0.05, 0.1) is 6.10 Å². The third-order valence-electron chi connectivity index (χ3n) is 5.96. The second kappa shape index (κ2) is 7.41. The molecule has 1 aromatic heterocycles. The number of fused-ring (bicyclic) bond motifs is 1. The number of carbonyl (C=O) groups excluding carboxylic acids is 2. The molecule has 2 aliphatic rings. The van der Waals surface area contributed by atoms with E-state index >= 15 is 0 Å².